The van der Waals surface area contributed by atoms with Gasteiger partial charge in [0.1, 0.15) is 25.1 Å². The van der Waals surface area contributed by atoms with Crippen LogP contribution in [0.4, 0.5) is 5.69 Å². The largest absolute Gasteiger partial charge is 0.486 e. The van der Waals surface area contributed by atoms with Crippen LogP contribution in [0.1, 0.15) is 12.5 Å². The Labute approximate surface area is 155 Å². The summed E-state index contributed by atoms with van der Waals surface area (Å²) in [4.78, 5) is 4.68. The molecule has 0 spiro atoms. The molecular weight excluding hydrogens is 328 g/mol. The fourth-order valence-electron chi connectivity index (χ4n) is 3.74. The van der Waals surface area contributed by atoms with Crippen LogP contribution in [-0.4, -0.2) is 50.9 Å². The molecule has 1 atom stereocenters. The van der Waals surface area contributed by atoms with Crippen LogP contribution in [-0.2, 0) is 6.54 Å². The smallest absolute Gasteiger partial charge is 0.165 e. The molecule has 0 saturated carbocycles. The summed E-state index contributed by atoms with van der Waals surface area (Å²) in [5.74, 6) is 2.71. The minimum Gasteiger partial charge on any atom is -0.486 e. The minimum absolute atomic E-state index is 0.145. The van der Waals surface area contributed by atoms with Crippen LogP contribution in [0, 0.1) is 0 Å². The van der Waals surface area contributed by atoms with Crippen molar-refractivity contribution in [3.8, 4) is 17.2 Å². The summed E-state index contributed by atoms with van der Waals surface area (Å²) in [6.45, 7) is 6.98. The van der Waals surface area contributed by atoms with Gasteiger partial charge in [0.2, 0.25) is 0 Å². The molecule has 0 aromatic heterocycles. The number of ether oxygens (including phenoxy) is 3. The fourth-order valence-corrected chi connectivity index (χ4v) is 3.74. The lowest BCUT2D eigenvalue weighted by Gasteiger charge is -2.37. The molecule has 0 bridgehead atoms. The molecule has 138 valence electrons. The van der Waals surface area contributed by atoms with Gasteiger partial charge >= 0.3 is 0 Å². The second kappa shape index (κ2) is 7.46. The maximum Gasteiger partial charge on any atom is 0.165 e. The lowest BCUT2D eigenvalue weighted by molar-refractivity contribution is 0.136. The molecule has 2 aliphatic heterocycles. The second-order valence-corrected chi connectivity index (χ2v) is 6.88. The summed E-state index contributed by atoms with van der Waals surface area (Å²) >= 11 is 0. The third kappa shape index (κ3) is 3.44. The molecule has 4 rings (SSSR count). The van der Waals surface area contributed by atoms with Crippen LogP contribution in [0.15, 0.2) is 42.5 Å². The number of fused-ring (bicyclic) bond motifs is 2. The Morgan fingerprint density at radius 3 is 2.73 bits per heavy atom. The van der Waals surface area contributed by atoms with Crippen molar-refractivity contribution in [3.05, 3.63) is 48.0 Å². The molecule has 0 amide bonds. The van der Waals surface area contributed by atoms with Gasteiger partial charge in [-0.2, -0.15) is 0 Å². The number of anilines is 1. The summed E-state index contributed by atoms with van der Waals surface area (Å²) in [7, 11) is 2.13. The van der Waals surface area contributed by atoms with Gasteiger partial charge in [0, 0.05) is 25.2 Å². The minimum atomic E-state index is 0.145. The average molecular weight is 354 g/mol. The van der Waals surface area contributed by atoms with Crippen LogP contribution in [0.2, 0.25) is 0 Å². The van der Waals surface area contributed by atoms with Gasteiger partial charge in [-0.3, -0.25) is 4.90 Å². The highest BCUT2D eigenvalue weighted by atomic mass is 16.6. The molecular formula is C21H26N2O3. The van der Waals surface area contributed by atoms with Crippen LogP contribution in [0.3, 0.4) is 0 Å². The molecule has 0 radical (unpaired) electrons. The van der Waals surface area contributed by atoms with Crippen LogP contribution in [0.5, 0.6) is 17.2 Å². The van der Waals surface area contributed by atoms with E-state index in [4.69, 9.17) is 14.2 Å². The molecule has 5 nitrogen and oxygen atoms in total. The molecule has 2 aromatic rings. The number of hydrogen-bond donors (Lipinski definition) is 0. The third-order valence-corrected chi connectivity index (χ3v) is 4.91. The number of hydrogen-bond acceptors (Lipinski definition) is 5. The molecule has 2 aliphatic rings. The summed E-state index contributed by atoms with van der Waals surface area (Å²) < 4.78 is 17.8. The first-order valence-electron chi connectivity index (χ1n) is 9.31. The maximum absolute atomic E-state index is 6.25. The van der Waals surface area contributed by atoms with Crippen LogP contribution >= 0.6 is 0 Å². The van der Waals surface area contributed by atoms with Gasteiger partial charge < -0.3 is 19.1 Å². The fraction of sp³-hybridized carbons (Fsp3) is 0.429. The second-order valence-electron chi connectivity index (χ2n) is 6.88. The standard InChI is InChI=1S/C21H26N2O3/c1-3-23-15-17(26-19-9-5-4-8-18(19)23)14-22(2)13-16-7-6-10-20-21(16)25-12-11-24-20/h4-10,17H,3,11-15H2,1-2H3/t17-/m0/s1. The number of nitrogens with zero attached hydrogens (tertiary/aromatic N) is 2. The zero-order valence-electron chi connectivity index (χ0n) is 15.5. The van der Waals surface area contributed by atoms with Crippen LogP contribution < -0.4 is 19.1 Å². The molecule has 5 heteroatoms. The average Bonchev–Trinajstić information content (AvgIpc) is 2.67. The number of para-hydroxylation sites is 3. The quantitative estimate of drug-likeness (QED) is 0.824. The zero-order chi connectivity index (χ0) is 17.9. The maximum atomic E-state index is 6.25. The monoisotopic (exact) mass is 354 g/mol. The van der Waals surface area contributed by atoms with Gasteiger partial charge in [0.05, 0.1) is 12.2 Å². The van der Waals surface area contributed by atoms with Crippen LogP contribution in [0.25, 0.3) is 0 Å². The van der Waals surface area contributed by atoms with Gasteiger partial charge in [0.15, 0.2) is 11.5 Å². The molecule has 0 fully saturated rings. The number of likely N-dealkylation sites (N-methyl/N-ethyl adjacent to an activating group) is 2. The molecule has 26 heavy (non-hydrogen) atoms. The first-order valence-corrected chi connectivity index (χ1v) is 9.31. The Bertz CT molecular complexity index is 765. The summed E-state index contributed by atoms with van der Waals surface area (Å²) in [6, 6.07) is 14.4. The summed E-state index contributed by atoms with van der Waals surface area (Å²) in [5, 5.41) is 0. The first-order chi connectivity index (χ1) is 12.7. The van der Waals surface area contributed by atoms with E-state index in [-0.39, 0.29) is 6.10 Å². The highest BCUT2D eigenvalue weighted by Gasteiger charge is 2.26. The molecule has 0 N–H and O–H groups in total. The van der Waals surface area contributed by atoms with E-state index < -0.39 is 0 Å². The van der Waals surface area contributed by atoms with Crippen molar-refractivity contribution in [2.24, 2.45) is 0 Å². The van der Waals surface area contributed by atoms with E-state index >= 15 is 0 Å². The van der Waals surface area contributed by atoms with E-state index in [0.29, 0.717) is 13.2 Å². The van der Waals surface area contributed by atoms with Crippen molar-refractivity contribution in [2.75, 3.05) is 44.8 Å². The predicted molar refractivity (Wildman–Crippen MR) is 103 cm³/mol. The third-order valence-electron chi connectivity index (χ3n) is 4.91. The van der Waals surface area contributed by atoms with E-state index in [2.05, 4.69) is 48.0 Å². The molecule has 0 unspecified atom stereocenters. The van der Waals surface area contributed by atoms with E-state index in [0.717, 1.165) is 49.0 Å². The highest BCUT2D eigenvalue weighted by molar-refractivity contribution is 5.60. The summed E-state index contributed by atoms with van der Waals surface area (Å²) in [6.07, 6.45) is 0.145. The van der Waals surface area contributed by atoms with Crippen molar-refractivity contribution in [3.63, 3.8) is 0 Å². The number of benzene rings is 2. The zero-order valence-corrected chi connectivity index (χ0v) is 15.5. The topological polar surface area (TPSA) is 34.2 Å². The van der Waals surface area contributed by atoms with E-state index in [1.807, 2.05) is 18.2 Å². The van der Waals surface area contributed by atoms with Gasteiger partial charge in [-0.15, -0.1) is 0 Å². The Kier molecular flexibility index (Phi) is 4.89. The van der Waals surface area contributed by atoms with Gasteiger partial charge in [-0.1, -0.05) is 24.3 Å². The lowest BCUT2D eigenvalue weighted by Crippen LogP contribution is -2.45. The van der Waals surface area contributed by atoms with Crippen molar-refractivity contribution in [2.45, 2.75) is 19.6 Å². The molecule has 0 saturated heterocycles. The van der Waals surface area contributed by atoms with Crippen molar-refractivity contribution >= 4 is 5.69 Å². The van der Waals surface area contributed by atoms with Crippen molar-refractivity contribution in [1.29, 1.82) is 0 Å². The summed E-state index contributed by atoms with van der Waals surface area (Å²) in [5.41, 5.74) is 2.35. The Morgan fingerprint density at radius 2 is 1.85 bits per heavy atom. The Hall–Kier alpha value is -2.40. The lowest BCUT2D eigenvalue weighted by atomic mass is 10.1. The Morgan fingerprint density at radius 1 is 1.04 bits per heavy atom. The number of rotatable bonds is 5. The first kappa shape index (κ1) is 17.0. The Balaban J connectivity index is 1.44. The van der Waals surface area contributed by atoms with E-state index in [1.165, 1.54) is 5.69 Å². The van der Waals surface area contributed by atoms with E-state index in [1.54, 1.807) is 0 Å². The van der Waals surface area contributed by atoms with Gasteiger partial charge in [0.25, 0.3) is 0 Å². The molecule has 0 aliphatic carbocycles. The van der Waals surface area contributed by atoms with Gasteiger partial charge in [-0.25, -0.2) is 0 Å². The van der Waals surface area contributed by atoms with Crippen molar-refractivity contribution < 1.29 is 14.2 Å². The van der Waals surface area contributed by atoms with Gasteiger partial charge in [-0.05, 0) is 32.2 Å². The highest BCUT2D eigenvalue weighted by Crippen LogP contribution is 2.35. The van der Waals surface area contributed by atoms with E-state index in [9.17, 15) is 0 Å². The normalized spacial score (nSPS) is 18.4. The molecule has 2 aromatic carbocycles. The predicted octanol–water partition coefficient (Wildman–Crippen LogP) is 3.18. The molecule has 2 heterocycles. The van der Waals surface area contributed by atoms with Crippen molar-refractivity contribution in [1.82, 2.24) is 4.90 Å². The SMILES string of the molecule is CCN1C[C@H](CN(C)Cc2cccc3c2OCCO3)Oc2ccccc21.